The Balaban J connectivity index is 0.000000633. The van der Waals surface area contributed by atoms with E-state index >= 15 is 0 Å². The highest BCUT2D eigenvalue weighted by molar-refractivity contribution is 7.85. The van der Waals surface area contributed by atoms with Crippen LogP contribution in [0.4, 0.5) is 18.9 Å². The SMILES string of the molecule is CS(=O)(=O)O.CS(=O)(=O)O.C[C@H](CNCCNC[C@@H](C)N1C(=O)c2cccc3c2c(cc2ccc(C(F)(F)F)cc23)C1=O)N1C(=O)c2cccc3cc([N+](=O)[O-])cc(c23)C1=O. The number of imide groups is 2. The van der Waals surface area contributed by atoms with Crippen LogP contribution >= 0.6 is 0 Å². The van der Waals surface area contributed by atoms with E-state index in [9.17, 15) is 59.3 Å². The molecule has 0 aromatic heterocycles. The summed E-state index contributed by atoms with van der Waals surface area (Å²) in [6.45, 7) is 4.70. The first-order chi connectivity index (χ1) is 28.3. The summed E-state index contributed by atoms with van der Waals surface area (Å²) in [7, 11) is -7.33. The van der Waals surface area contributed by atoms with Gasteiger partial charge in [-0.2, -0.15) is 30.0 Å². The third-order valence-corrected chi connectivity index (χ3v) is 9.51. The minimum Gasteiger partial charge on any atom is -0.313 e. The predicted octanol–water partition coefficient (Wildman–Crippen LogP) is 4.93. The van der Waals surface area contributed by atoms with Crippen molar-refractivity contribution in [2.24, 2.45) is 0 Å². The second-order valence-electron chi connectivity index (χ2n) is 14.3. The van der Waals surface area contributed by atoms with Crippen LogP contribution in [-0.4, -0.2) is 115 Å². The average molecular weight is 890 g/mol. The molecule has 2 aliphatic heterocycles. The van der Waals surface area contributed by atoms with Crippen molar-refractivity contribution < 1.29 is 63.2 Å². The third kappa shape index (κ3) is 10.5. The summed E-state index contributed by atoms with van der Waals surface area (Å²) in [5.41, 5.74) is -0.191. The van der Waals surface area contributed by atoms with Gasteiger partial charge in [0.2, 0.25) is 0 Å². The molecule has 0 spiro atoms. The Labute approximate surface area is 346 Å². The van der Waals surface area contributed by atoms with Gasteiger partial charge in [0.1, 0.15) is 0 Å². The lowest BCUT2D eigenvalue weighted by Crippen LogP contribution is -2.51. The molecule has 5 aromatic rings. The van der Waals surface area contributed by atoms with Crippen molar-refractivity contribution in [3.8, 4) is 0 Å². The van der Waals surface area contributed by atoms with Crippen LogP contribution < -0.4 is 10.6 Å². The monoisotopic (exact) mass is 889 g/mol. The number of non-ortho nitro benzene ring substituents is 1. The summed E-state index contributed by atoms with van der Waals surface area (Å²) in [4.78, 5) is 67.3. The first-order valence-corrected chi connectivity index (χ1v) is 21.8. The number of rotatable bonds is 10. The smallest absolute Gasteiger partial charge is 0.313 e. The molecule has 2 atom stereocenters. The molecule has 17 nitrogen and oxygen atoms in total. The molecule has 0 unspecified atom stereocenters. The molecule has 22 heteroatoms. The fraction of sp³-hybridized carbons (Fsp3) is 0.282. The number of nitrogens with zero attached hydrogens (tertiary/aromatic N) is 3. The van der Waals surface area contributed by atoms with E-state index in [2.05, 4.69) is 10.6 Å². The number of carbonyl (C=O) groups is 4. The molecule has 0 bridgehead atoms. The molecule has 0 fully saturated rings. The van der Waals surface area contributed by atoms with Gasteiger partial charge in [0.15, 0.2) is 0 Å². The van der Waals surface area contributed by atoms with Crippen molar-refractivity contribution in [1.82, 2.24) is 20.4 Å². The van der Waals surface area contributed by atoms with Crippen molar-refractivity contribution >= 4 is 81.9 Å². The van der Waals surface area contributed by atoms with E-state index < -0.39 is 72.6 Å². The number of nitro benzene ring substituents is 1. The second kappa shape index (κ2) is 17.6. The molecule has 4 amide bonds. The quantitative estimate of drug-likeness (QED) is 0.0363. The molecule has 2 aliphatic rings. The standard InChI is InChI=1S/C37H30F3N5O6.2CH4O3S/c1-19(43-33(46)26-7-3-5-22-13-24(45(50)51)16-30(31(22)26)36(43)49)17-41-11-12-42-18-20(2)44-34(47)27-8-4-6-25-28-15-23(37(38,39)40)10-9-21(28)14-29(32(25)27)35(44)48;2*1-5(2,3)4/h3-10,13-16,19-20,41-42H,11-12,17-18H2,1-2H3;2*1H3,(H,2,3,4)/t19-,20-;;/m1../s1. The maximum atomic E-state index is 13.7. The highest BCUT2D eigenvalue weighted by Gasteiger charge is 2.38. The minimum absolute atomic E-state index is 0.0985. The van der Waals surface area contributed by atoms with Gasteiger partial charge in [0.25, 0.3) is 49.6 Å². The van der Waals surface area contributed by atoms with Crippen LogP contribution in [0.25, 0.3) is 32.3 Å². The fourth-order valence-electron chi connectivity index (χ4n) is 7.08. The van der Waals surface area contributed by atoms with Gasteiger partial charge < -0.3 is 10.6 Å². The molecule has 4 N–H and O–H groups in total. The normalized spacial score (nSPS) is 15.0. The topological polar surface area (TPSA) is 251 Å². The van der Waals surface area contributed by atoms with Crippen LogP contribution in [0.2, 0.25) is 0 Å². The number of benzene rings is 5. The van der Waals surface area contributed by atoms with Crippen LogP contribution in [0.15, 0.2) is 72.8 Å². The van der Waals surface area contributed by atoms with Crippen molar-refractivity contribution in [2.75, 3.05) is 38.7 Å². The number of halogens is 3. The summed E-state index contributed by atoms with van der Waals surface area (Å²) >= 11 is 0. The van der Waals surface area contributed by atoms with Gasteiger partial charge in [-0.1, -0.05) is 30.3 Å². The molecule has 2 heterocycles. The summed E-state index contributed by atoms with van der Waals surface area (Å²) in [5, 5.41) is 20.2. The number of fused-ring (bicyclic) bond motifs is 2. The van der Waals surface area contributed by atoms with Gasteiger partial charge in [-0.05, 0) is 65.7 Å². The van der Waals surface area contributed by atoms with E-state index in [1.54, 1.807) is 50.2 Å². The molecular formula is C39H38F3N5O12S2. The largest absolute Gasteiger partial charge is 0.416 e. The van der Waals surface area contributed by atoms with E-state index in [1.165, 1.54) is 24.3 Å². The summed E-state index contributed by atoms with van der Waals surface area (Å²) < 4.78 is 92.1. The van der Waals surface area contributed by atoms with Crippen LogP contribution in [0.1, 0.15) is 60.8 Å². The number of alkyl halides is 3. The number of carbonyl (C=O) groups excluding carboxylic acids is 4. The van der Waals surface area contributed by atoms with Crippen LogP contribution in [0, 0.1) is 10.1 Å². The number of hydrogen-bond acceptors (Lipinski definition) is 12. The predicted molar refractivity (Wildman–Crippen MR) is 218 cm³/mol. The fourth-order valence-corrected chi connectivity index (χ4v) is 7.08. The van der Waals surface area contributed by atoms with Crippen molar-refractivity contribution in [3.05, 3.63) is 111 Å². The Morgan fingerprint density at radius 3 is 1.61 bits per heavy atom. The zero-order valence-corrected chi connectivity index (χ0v) is 34.3. The highest BCUT2D eigenvalue weighted by Crippen LogP contribution is 2.39. The molecule has 5 aromatic carbocycles. The van der Waals surface area contributed by atoms with E-state index in [-0.39, 0.29) is 35.5 Å². The summed E-state index contributed by atoms with van der Waals surface area (Å²) in [5.74, 6) is -2.17. The molecule has 324 valence electrons. The summed E-state index contributed by atoms with van der Waals surface area (Å²) in [6.07, 6.45) is -3.12. The zero-order valence-electron chi connectivity index (χ0n) is 32.7. The van der Waals surface area contributed by atoms with Gasteiger partial charge in [0, 0.05) is 77.9 Å². The molecule has 0 saturated heterocycles. The van der Waals surface area contributed by atoms with Gasteiger partial charge in [-0.15, -0.1) is 0 Å². The average Bonchev–Trinajstić information content (AvgIpc) is 3.15. The van der Waals surface area contributed by atoms with E-state index in [0.29, 0.717) is 63.5 Å². The van der Waals surface area contributed by atoms with E-state index in [4.69, 9.17) is 9.11 Å². The first-order valence-electron chi connectivity index (χ1n) is 18.1. The van der Waals surface area contributed by atoms with Gasteiger partial charge in [-0.3, -0.25) is 48.2 Å². The molecular weight excluding hydrogens is 852 g/mol. The van der Waals surface area contributed by atoms with Crippen LogP contribution in [-0.2, 0) is 26.4 Å². The van der Waals surface area contributed by atoms with Gasteiger partial charge in [0.05, 0.1) is 28.6 Å². The Bertz CT molecular complexity index is 2810. The Morgan fingerprint density at radius 1 is 0.656 bits per heavy atom. The summed E-state index contributed by atoms with van der Waals surface area (Å²) in [6, 6.07) is 15.9. The lowest BCUT2D eigenvalue weighted by molar-refractivity contribution is -0.384. The van der Waals surface area contributed by atoms with Crippen molar-refractivity contribution in [3.63, 3.8) is 0 Å². The first kappa shape index (κ1) is 46.2. The Hall–Kier alpha value is -5.91. The van der Waals surface area contributed by atoms with Crippen molar-refractivity contribution in [1.29, 1.82) is 0 Å². The molecule has 0 radical (unpaired) electrons. The van der Waals surface area contributed by atoms with E-state index in [1.807, 2.05) is 0 Å². The maximum absolute atomic E-state index is 13.7. The Kier molecular flexibility index (Phi) is 13.3. The van der Waals surface area contributed by atoms with Crippen LogP contribution in [0.5, 0.6) is 0 Å². The van der Waals surface area contributed by atoms with Gasteiger partial charge in [-0.25, -0.2) is 0 Å². The number of nitrogens with one attached hydrogen (secondary N) is 2. The minimum atomic E-state index is -4.55. The lowest BCUT2D eigenvalue weighted by atomic mass is 9.89. The number of hydrogen-bond donors (Lipinski definition) is 4. The number of amides is 4. The lowest BCUT2D eigenvalue weighted by Gasteiger charge is -2.33. The van der Waals surface area contributed by atoms with Crippen LogP contribution in [0.3, 0.4) is 0 Å². The van der Waals surface area contributed by atoms with Gasteiger partial charge >= 0.3 is 6.18 Å². The van der Waals surface area contributed by atoms with E-state index in [0.717, 1.165) is 21.9 Å². The number of nitro groups is 1. The maximum Gasteiger partial charge on any atom is 0.416 e. The molecule has 0 saturated carbocycles. The zero-order chi connectivity index (χ0) is 45.4. The molecule has 0 aliphatic carbocycles. The molecule has 7 rings (SSSR count). The Morgan fingerprint density at radius 2 is 1.11 bits per heavy atom. The van der Waals surface area contributed by atoms with Crippen molar-refractivity contribution in [2.45, 2.75) is 32.1 Å². The second-order valence-corrected chi connectivity index (χ2v) is 17.2. The highest BCUT2D eigenvalue weighted by atomic mass is 32.2. The third-order valence-electron chi connectivity index (χ3n) is 9.51. The molecule has 61 heavy (non-hydrogen) atoms.